The van der Waals surface area contributed by atoms with E-state index in [1.165, 1.54) is 13.8 Å². The lowest BCUT2D eigenvalue weighted by atomic mass is 10.1. The van der Waals surface area contributed by atoms with Crippen molar-refractivity contribution in [1.29, 1.82) is 0 Å². The van der Waals surface area contributed by atoms with Gasteiger partial charge >= 0.3 is 6.18 Å². The minimum absolute atomic E-state index is 0.189. The average Bonchev–Trinajstić information content (AvgIpc) is 1.79. The molecule has 0 saturated heterocycles. The number of carbonyl (C=O) groups excluding carboxylic acids is 1. The van der Waals surface area contributed by atoms with Gasteiger partial charge in [0.2, 0.25) is 0 Å². The van der Waals surface area contributed by atoms with Crippen LogP contribution in [0.2, 0.25) is 0 Å². The molecule has 0 aromatic rings. The summed E-state index contributed by atoms with van der Waals surface area (Å²) in [7, 11) is 0. The van der Waals surface area contributed by atoms with Crippen molar-refractivity contribution in [2.75, 3.05) is 0 Å². The molecule has 2 nitrogen and oxygen atoms in total. The first-order chi connectivity index (χ1) is 6.02. The van der Waals surface area contributed by atoms with Gasteiger partial charge in [0.25, 0.3) is 0 Å². The van der Waals surface area contributed by atoms with Gasteiger partial charge in [-0.2, -0.15) is 13.2 Å². The number of rotatable bonds is 3. The van der Waals surface area contributed by atoms with Gasteiger partial charge in [0.15, 0.2) is 5.78 Å². The van der Waals surface area contributed by atoms with Crippen molar-refractivity contribution in [3.8, 4) is 0 Å². The molecule has 0 aliphatic carbocycles. The third-order valence-corrected chi connectivity index (χ3v) is 1.37. The summed E-state index contributed by atoms with van der Waals surface area (Å²) in [5, 5.41) is 0. The van der Waals surface area contributed by atoms with Crippen molar-refractivity contribution in [2.45, 2.75) is 31.3 Å². The van der Waals surface area contributed by atoms with E-state index in [9.17, 15) is 18.0 Å². The summed E-state index contributed by atoms with van der Waals surface area (Å²) in [5.74, 6) is -0.736. The fourth-order valence-electron chi connectivity index (χ4n) is 0.721. The van der Waals surface area contributed by atoms with Crippen LogP contribution in [0, 0.1) is 0 Å². The van der Waals surface area contributed by atoms with Crippen LogP contribution in [0.4, 0.5) is 13.2 Å². The van der Waals surface area contributed by atoms with Crippen LogP contribution in [0.3, 0.4) is 0 Å². The number of allylic oxidation sites excluding steroid dienone is 2. The molecule has 0 atom stereocenters. The molecule has 0 rings (SSSR count). The first-order valence-electron chi connectivity index (χ1n) is 3.78. The maximum absolute atomic E-state index is 11.9. The summed E-state index contributed by atoms with van der Waals surface area (Å²) >= 11 is 5.65. The fourth-order valence-corrected chi connectivity index (χ4v) is 0.852. The molecule has 0 aliphatic heterocycles. The Balaban J connectivity index is 4.46. The lowest BCUT2D eigenvalue weighted by Crippen LogP contribution is -2.22. The lowest BCUT2D eigenvalue weighted by molar-refractivity contribution is -0.116. The minimum Gasteiger partial charge on any atom is -0.395 e. The van der Waals surface area contributed by atoms with Crippen molar-refractivity contribution in [3.05, 3.63) is 11.8 Å². The first-order valence-corrected chi connectivity index (χ1v) is 4.16. The van der Waals surface area contributed by atoms with E-state index < -0.39 is 22.5 Å². The Kier molecular flexibility index (Phi) is 4.00. The molecule has 0 fully saturated rings. The molecule has 0 aliphatic rings. The summed E-state index contributed by atoms with van der Waals surface area (Å²) in [6, 6.07) is 0. The van der Waals surface area contributed by atoms with Crippen LogP contribution in [-0.4, -0.2) is 16.8 Å². The fraction of sp³-hybridized carbons (Fsp3) is 0.625. The predicted molar refractivity (Wildman–Crippen MR) is 47.9 cm³/mol. The van der Waals surface area contributed by atoms with Gasteiger partial charge in [0.05, 0.1) is 0 Å². The highest BCUT2D eigenvalue weighted by molar-refractivity contribution is 6.24. The molecule has 0 saturated carbocycles. The maximum Gasteiger partial charge on any atom is 0.430 e. The number of ketones is 1. The van der Waals surface area contributed by atoms with Crippen LogP contribution in [0.25, 0.3) is 0 Å². The molecule has 14 heavy (non-hydrogen) atoms. The molecule has 0 aromatic heterocycles. The van der Waals surface area contributed by atoms with E-state index in [1.807, 2.05) is 0 Å². The molecule has 0 aromatic carbocycles. The van der Waals surface area contributed by atoms with Crippen molar-refractivity contribution in [2.24, 2.45) is 5.73 Å². The minimum atomic E-state index is -4.66. The Bertz CT molecular complexity index is 252. The Morgan fingerprint density at radius 2 is 1.86 bits per heavy atom. The Morgan fingerprint density at radius 1 is 1.43 bits per heavy atom. The molecule has 82 valence electrons. The van der Waals surface area contributed by atoms with E-state index >= 15 is 0 Å². The van der Waals surface area contributed by atoms with Crippen LogP contribution < -0.4 is 5.73 Å². The Labute approximate surface area is 84.9 Å². The molecule has 2 N–H and O–H groups in total. The van der Waals surface area contributed by atoms with E-state index in [4.69, 9.17) is 11.6 Å². The summed E-state index contributed by atoms with van der Waals surface area (Å²) < 4.78 is 35.6. The summed E-state index contributed by atoms with van der Waals surface area (Å²) in [6.07, 6.45) is -4.48. The quantitative estimate of drug-likeness (QED) is 0.596. The molecule has 0 unspecified atom stereocenters. The average molecular weight is 230 g/mol. The third-order valence-electron chi connectivity index (χ3n) is 1.24. The second-order valence-corrected chi connectivity index (χ2v) is 4.48. The summed E-state index contributed by atoms with van der Waals surface area (Å²) in [6.45, 7) is 3.06. The number of hydrogen-bond acceptors (Lipinski definition) is 2. The maximum atomic E-state index is 11.9. The number of alkyl halides is 4. The van der Waals surface area contributed by atoms with Crippen molar-refractivity contribution in [1.82, 2.24) is 0 Å². The highest BCUT2D eigenvalue weighted by Crippen LogP contribution is 2.23. The third kappa shape index (κ3) is 5.85. The molecule has 0 heterocycles. The number of carbonyl (C=O) groups is 1. The normalized spacial score (nSPS) is 14.3. The van der Waals surface area contributed by atoms with E-state index in [-0.39, 0.29) is 6.42 Å². The van der Waals surface area contributed by atoms with Gasteiger partial charge in [0, 0.05) is 17.4 Å². The highest BCUT2D eigenvalue weighted by atomic mass is 35.5. The Morgan fingerprint density at radius 3 is 2.14 bits per heavy atom. The summed E-state index contributed by atoms with van der Waals surface area (Å²) in [4.78, 5) is 10.1. The van der Waals surface area contributed by atoms with Gasteiger partial charge in [-0.05, 0) is 13.8 Å². The number of hydrogen-bond donors (Lipinski definition) is 1. The Hall–Kier alpha value is -0.710. The zero-order valence-electron chi connectivity index (χ0n) is 7.78. The zero-order chi connectivity index (χ0) is 11.6. The monoisotopic (exact) mass is 229 g/mol. The molecule has 0 bridgehead atoms. The number of nitrogens with two attached hydrogens (primary N) is 1. The van der Waals surface area contributed by atoms with Crippen LogP contribution in [-0.2, 0) is 4.79 Å². The van der Waals surface area contributed by atoms with Crippen LogP contribution in [0.5, 0.6) is 0 Å². The topological polar surface area (TPSA) is 43.1 Å². The smallest absolute Gasteiger partial charge is 0.395 e. The van der Waals surface area contributed by atoms with Gasteiger partial charge in [-0.3, -0.25) is 4.79 Å². The van der Waals surface area contributed by atoms with Crippen LogP contribution >= 0.6 is 11.6 Å². The second-order valence-electron chi connectivity index (χ2n) is 3.46. The first kappa shape index (κ1) is 13.3. The van der Waals surface area contributed by atoms with Gasteiger partial charge in [-0.15, -0.1) is 11.6 Å². The highest BCUT2D eigenvalue weighted by Gasteiger charge is 2.32. The lowest BCUT2D eigenvalue weighted by Gasteiger charge is -2.13. The van der Waals surface area contributed by atoms with Crippen molar-refractivity contribution in [3.63, 3.8) is 0 Å². The molecular weight excluding hydrogens is 219 g/mol. The van der Waals surface area contributed by atoms with E-state index in [1.54, 1.807) is 0 Å². The van der Waals surface area contributed by atoms with Gasteiger partial charge < -0.3 is 5.73 Å². The zero-order valence-corrected chi connectivity index (χ0v) is 8.54. The van der Waals surface area contributed by atoms with E-state index in [2.05, 4.69) is 5.73 Å². The van der Waals surface area contributed by atoms with Gasteiger partial charge in [-0.25, -0.2) is 0 Å². The van der Waals surface area contributed by atoms with E-state index in [0.29, 0.717) is 6.08 Å². The molecule has 6 heteroatoms. The molecule has 0 spiro atoms. The van der Waals surface area contributed by atoms with Crippen LogP contribution in [0.1, 0.15) is 20.3 Å². The standard InChI is InChI=1S/C8H11ClF3NO/c1-7(2,9)4-5(14)3-6(13)8(10,11)12/h3H,4,13H2,1-2H3/b6-3-. The summed E-state index contributed by atoms with van der Waals surface area (Å²) in [5.41, 5.74) is 3.24. The predicted octanol–water partition coefficient (Wildman–Crippen LogP) is 2.37. The molecule has 0 radical (unpaired) electrons. The SMILES string of the molecule is CC(C)(Cl)CC(=O)/C=C(\N)C(F)(F)F. The largest absolute Gasteiger partial charge is 0.430 e. The van der Waals surface area contributed by atoms with Gasteiger partial charge in [0.1, 0.15) is 5.70 Å². The van der Waals surface area contributed by atoms with Crippen molar-refractivity contribution < 1.29 is 18.0 Å². The second kappa shape index (κ2) is 4.21. The molecule has 0 amide bonds. The molecular formula is C8H11ClF3NO. The van der Waals surface area contributed by atoms with E-state index in [0.717, 1.165) is 0 Å². The van der Waals surface area contributed by atoms with Gasteiger partial charge in [-0.1, -0.05) is 0 Å². The van der Waals surface area contributed by atoms with Crippen molar-refractivity contribution >= 4 is 17.4 Å². The number of halogens is 4. The van der Waals surface area contributed by atoms with Crippen LogP contribution in [0.15, 0.2) is 11.8 Å².